The van der Waals surface area contributed by atoms with Gasteiger partial charge in [0.25, 0.3) is 0 Å². The summed E-state index contributed by atoms with van der Waals surface area (Å²) in [6.07, 6.45) is 0.982. The molecule has 0 amide bonds. The molecule has 0 radical (unpaired) electrons. The summed E-state index contributed by atoms with van der Waals surface area (Å²) in [5.41, 5.74) is 5.71. The first-order valence-electron chi connectivity index (χ1n) is 4.67. The van der Waals surface area contributed by atoms with Gasteiger partial charge in [0.1, 0.15) is 0 Å². The van der Waals surface area contributed by atoms with Crippen LogP contribution in [0.15, 0.2) is 0 Å². The molecule has 0 spiro atoms. The Morgan fingerprint density at radius 1 is 1.38 bits per heavy atom. The van der Waals surface area contributed by atoms with Crippen molar-refractivity contribution < 1.29 is 8.42 Å². The second kappa shape index (κ2) is 3.94. The van der Waals surface area contributed by atoms with Crippen molar-refractivity contribution in [2.75, 3.05) is 18.8 Å². The minimum atomic E-state index is -3.06. The van der Waals surface area contributed by atoms with Crippen LogP contribution < -0.4 is 5.73 Å². The molecular weight excluding hydrogens is 188 g/mol. The van der Waals surface area contributed by atoms with Gasteiger partial charge in [0, 0.05) is 19.1 Å². The molecule has 1 heterocycles. The number of nitrogens with zero attached hydrogens (tertiary/aromatic N) is 1. The highest BCUT2D eigenvalue weighted by Crippen LogP contribution is 2.14. The van der Waals surface area contributed by atoms with E-state index in [0.29, 0.717) is 13.1 Å². The van der Waals surface area contributed by atoms with Crippen LogP contribution in [0.2, 0.25) is 0 Å². The molecule has 1 rings (SSSR count). The summed E-state index contributed by atoms with van der Waals surface area (Å²) >= 11 is 0. The summed E-state index contributed by atoms with van der Waals surface area (Å²) in [5, 5.41) is 0. The van der Waals surface area contributed by atoms with Gasteiger partial charge >= 0.3 is 0 Å². The molecule has 2 N–H and O–H groups in total. The lowest BCUT2D eigenvalue weighted by molar-refractivity contribution is 0.307. The van der Waals surface area contributed by atoms with Gasteiger partial charge in [-0.2, -0.15) is 0 Å². The lowest BCUT2D eigenvalue weighted by Gasteiger charge is -2.31. The van der Waals surface area contributed by atoms with Crippen molar-refractivity contribution in [3.8, 4) is 0 Å². The summed E-state index contributed by atoms with van der Waals surface area (Å²) in [6, 6.07) is -0.245. The normalized spacial score (nSPS) is 21.5. The van der Waals surface area contributed by atoms with Crippen LogP contribution in [0.25, 0.3) is 0 Å². The number of nitrogens with two attached hydrogens (primary N) is 1. The SMILES string of the molecule is CC(C)C(N)CS(=O)(=O)N1CCC1. The highest BCUT2D eigenvalue weighted by Gasteiger charge is 2.29. The Morgan fingerprint density at radius 2 is 1.92 bits per heavy atom. The van der Waals surface area contributed by atoms with Gasteiger partial charge in [0.05, 0.1) is 5.75 Å². The van der Waals surface area contributed by atoms with E-state index < -0.39 is 10.0 Å². The van der Waals surface area contributed by atoms with Crippen LogP contribution >= 0.6 is 0 Å². The Kier molecular flexibility index (Phi) is 3.32. The van der Waals surface area contributed by atoms with Crippen molar-refractivity contribution >= 4 is 10.0 Å². The molecule has 1 aliphatic rings. The molecule has 4 nitrogen and oxygen atoms in total. The van der Waals surface area contributed by atoms with Crippen molar-refractivity contribution in [3.05, 3.63) is 0 Å². The van der Waals surface area contributed by atoms with Crippen LogP contribution in [-0.2, 0) is 10.0 Å². The monoisotopic (exact) mass is 206 g/mol. The molecule has 78 valence electrons. The van der Waals surface area contributed by atoms with Gasteiger partial charge in [-0.05, 0) is 12.3 Å². The quantitative estimate of drug-likeness (QED) is 0.704. The van der Waals surface area contributed by atoms with E-state index in [0.717, 1.165) is 6.42 Å². The Labute approximate surface area is 80.1 Å². The fourth-order valence-electron chi connectivity index (χ4n) is 1.11. The first kappa shape index (κ1) is 10.9. The maximum absolute atomic E-state index is 11.6. The third-order valence-corrected chi connectivity index (χ3v) is 4.43. The lowest BCUT2D eigenvalue weighted by atomic mass is 10.1. The average molecular weight is 206 g/mol. The molecule has 1 aliphatic heterocycles. The predicted molar refractivity (Wildman–Crippen MR) is 52.8 cm³/mol. The highest BCUT2D eigenvalue weighted by atomic mass is 32.2. The summed E-state index contributed by atoms with van der Waals surface area (Å²) in [7, 11) is -3.06. The average Bonchev–Trinajstić information content (AvgIpc) is 1.79. The smallest absolute Gasteiger partial charge is 0.215 e. The number of sulfonamides is 1. The van der Waals surface area contributed by atoms with Gasteiger partial charge in [-0.3, -0.25) is 0 Å². The largest absolute Gasteiger partial charge is 0.326 e. The van der Waals surface area contributed by atoms with Gasteiger partial charge in [0.2, 0.25) is 10.0 Å². The zero-order valence-corrected chi connectivity index (χ0v) is 9.05. The molecule has 0 bridgehead atoms. The molecular formula is C8H18N2O2S. The van der Waals surface area contributed by atoms with Gasteiger partial charge in [0.15, 0.2) is 0 Å². The molecule has 0 aromatic carbocycles. The topological polar surface area (TPSA) is 63.4 Å². The number of hydrogen-bond acceptors (Lipinski definition) is 3. The summed E-state index contributed by atoms with van der Waals surface area (Å²) < 4.78 is 24.7. The molecule has 1 unspecified atom stereocenters. The summed E-state index contributed by atoms with van der Waals surface area (Å²) in [6.45, 7) is 5.23. The van der Waals surface area contributed by atoms with Gasteiger partial charge in [-0.1, -0.05) is 13.8 Å². The third-order valence-electron chi connectivity index (χ3n) is 2.47. The van der Waals surface area contributed by atoms with Crippen LogP contribution in [0.4, 0.5) is 0 Å². The zero-order chi connectivity index (χ0) is 10.1. The van der Waals surface area contributed by atoms with E-state index >= 15 is 0 Å². The minimum absolute atomic E-state index is 0.0880. The third kappa shape index (κ3) is 2.65. The van der Waals surface area contributed by atoms with E-state index in [4.69, 9.17) is 5.73 Å². The summed E-state index contributed by atoms with van der Waals surface area (Å²) in [4.78, 5) is 0. The van der Waals surface area contributed by atoms with Gasteiger partial charge in [-0.15, -0.1) is 0 Å². The van der Waals surface area contributed by atoms with E-state index in [-0.39, 0.29) is 17.7 Å². The first-order valence-corrected chi connectivity index (χ1v) is 6.28. The molecule has 0 aliphatic carbocycles. The Morgan fingerprint density at radius 3 is 2.23 bits per heavy atom. The molecule has 0 aromatic heterocycles. The van der Waals surface area contributed by atoms with E-state index in [1.54, 1.807) is 0 Å². The molecule has 0 saturated carbocycles. The molecule has 1 atom stereocenters. The molecule has 13 heavy (non-hydrogen) atoms. The maximum Gasteiger partial charge on any atom is 0.215 e. The Hall–Kier alpha value is -0.130. The van der Waals surface area contributed by atoms with E-state index in [1.807, 2.05) is 13.8 Å². The van der Waals surface area contributed by atoms with E-state index in [2.05, 4.69) is 0 Å². The molecule has 1 fully saturated rings. The fraction of sp³-hybridized carbons (Fsp3) is 1.00. The maximum atomic E-state index is 11.6. The minimum Gasteiger partial charge on any atom is -0.326 e. The van der Waals surface area contributed by atoms with E-state index in [9.17, 15) is 8.42 Å². The van der Waals surface area contributed by atoms with Crippen LogP contribution in [0.5, 0.6) is 0 Å². The highest BCUT2D eigenvalue weighted by molar-refractivity contribution is 7.89. The standard InChI is InChI=1S/C8H18N2O2S/c1-7(2)8(9)6-13(11,12)10-4-3-5-10/h7-8H,3-6,9H2,1-2H3. The number of rotatable bonds is 4. The van der Waals surface area contributed by atoms with Crippen molar-refractivity contribution in [3.63, 3.8) is 0 Å². The van der Waals surface area contributed by atoms with Crippen LogP contribution in [0, 0.1) is 5.92 Å². The van der Waals surface area contributed by atoms with Crippen LogP contribution in [0.1, 0.15) is 20.3 Å². The van der Waals surface area contributed by atoms with Gasteiger partial charge in [-0.25, -0.2) is 12.7 Å². The van der Waals surface area contributed by atoms with Crippen LogP contribution in [0.3, 0.4) is 0 Å². The molecule has 1 saturated heterocycles. The molecule has 0 aromatic rings. The van der Waals surface area contributed by atoms with Gasteiger partial charge < -0.3 is 5.73 Å². The van der Waals surface area contributed by atoms with Crippen molar-refractivity contribution in [2.24, 2.45) is 11.7 Å². The fourth-order valence-corrected chi connectivity index (χ4v) is 3.00. The van der Waals surface area contributed by atoms with Crippen LogP contribution in [-0.4, -0.2) is 37.6 Å². The first-order chi connectivity index (χ1) is 5.93. The Balaban J connectivity index is 2.51. The molecule has 5 heteroatoms. The van der Waals surface area contributed by atoms with Crippen molar-refractivity contribution in [2.45, 2.75) is 26.3 Å². The summed E-state index contributed by atoms with van der Waals surface area (Å²) in [5.74, 6) is 0.307. The lowest BCUT2D eigenvalue weighted by Crippen LogP contribution is -2.47. The van der Waals surface area contributed by atoms with Crippen molar-refractivity contribution in [1.29, 1.82) is 0 Å². The number of hydrogen-bond donors (Lipinski definition) is 1. The zero-order valence-electron chi connectivity index (χ0n) is 8.23. The van der Waals surface area contributed by atoms with E-state index in [1.165, 1.54) is 4.31 Å². The Bertz CT molecular complexity index is 257. The second-order valence-electron chi connectivity index (χ2n) is 3.94. The van der Waals surface area contributed by atoms with Crippen molar-refractivity contribution in [1.82, 2.24) is 4.31 Å². The predicted octanol–water partition coefficient (Wildman–Crippen LogP) is 0.00520. The second-order valence-corrected chi connectivity index (χ2v) is 5.95.